The van der Waals surface area contributed by atoms with E-state index in [9.17, 15) is 8.42 Å². The van der Waals surface area contributed by atoms with Gasteiger partial charge in [0.15, 0.2) is 0 Å². The minimum atomic E-state index is -3.54. The van der Waals surface area contributed by atoms with Gasteiger partial charge in [-0.05, 0) is 25.2 Å². The highest BCUT2D eigenvalue weighted by Gasteiger charge is 2.19. The molecule has 0 aromatic heterocycles. The van der Waals surface area contributed by atoms with E-state index >= 15 is 0 Å². The molecule has 0 aromatic carbocycles. The summed E-state index contributed by atoms with van der Waals surface area (Å²) >= 11 is 0. The van der Waals surface area contributed by atoms with E-state index < -0.39 is 9.24 Å². The minimum absolute atomic E-state index is 0.0486. The molecule has 2 atom stereocenters. The zero-order valence-corrected chi connectivity index (χ0v) is 9.37. The Morgan fingerprint density at radius 1 is 1.23 bits per heavy atom. The largest absolute Gasteiger partial charge is 0.297 e. The lowest BCUT2D eigenvalue weighted by atomic mass is 10.0. The first-order valence-corrected chi connectivity index (χ1v) is 7.00. The Morgan fingerprint density at radius 3 is 2.54 bits per heavy atom. The fraction of sp³-hybridized carbons (Fsp3) is 1.00. The summed E-state index contributed by atoms with van der Waals surface area (Å²) in [5.41, 5.74) is 0. The van der Waals surface area contributed by atoms with Crippen LogP contribution in [-0.2, 0) is 9.24 Å². The van der Waals surface area contributed by atoms with Gasteiger partial charge in [-0.1, -0.05) is 19.8 Å². The van der Waals surface area contributed by atoms with Crippen molar-refractivity contribution in [1.82, 2.24) is 4.72 Å². The molecule has 0 saturated heterocycles. The second kappa shape index (κ2) is 4.62. The fourth-order valence-corrected chi connectivity index (χ4v) is 2.82. The zero-order valence-electron chi connectivity index (χ0n) is 7.79. The Kier molecular flexibility index (Phi) is 4.01. The summed E-state index contributed by atoms with van der Waals surface area (Å²) in [6.07, 6.45) is 5.19. The van der Waals surface area contributed by atoms with E-state index in [1.807, 2.05) is 0 Å². The standard InChI is InChI=1S/C8H16ClNO2S/c1-7-3-2-4-8(6-5-7)10-13(9,11)12/h7-8,10H,2-6H2,1H3. The monoisotopic (exact) mass is 225 g/mol. The lowest BCUT2D eigenvalue weighted by Gasteiger charge is -2.12. The molecule has 1 rings (SSSR count). The predicted molar refractivity (Wildman–Crippen MR) is 53.9 cm³/mol. The molecule has 0 spiro atoms. The van der Waals surface area contributed by atoms with Crippen molar-refractivity contribution in [3.05, 3.63) is 0 Å². The molecule has 0 heterocycles. The molecule has 1 aliphatic carbocycles. The van der Waals surface area contributed by atoms with E-state index in [1.54, 1.807) is 0 Å². The van der Waals surface area contributed by atoms with Gasteiger partial charge in [-0.3, -0.25) is 0 Å². The maximum absolute atomic E-state index is 10.7. The third-order valence-corrected chi connectivity index (χ3v) is 3.45. The fourth-order valence-electron chi connectivity index (χ4n) is 1.80. The van der Waals surface area contributed by atoms with Gasteiger partial charge < -0.3 is 0 Å². The molecule has 78 valence electrons. The summed E-state index contributed by atoms with van der Waals surface area (Å²) in [4.78, 5) is 0. The average molecular weight is 226 g/mol. The number of rotatable bonds is 2. The average Bonchev–Trinajstić information content (AvgIpc) is 2.12. The van der Waals surface area contributed by atoms with Crippen molar-refractivity contribution >= 4 is 19.9 Å². The second-order valence-electron chi connectivity index (χ2n) is 3.87. The number of hydrogen-bond acceptors (Lipinski definition) is 2. The molecule has 2 unspecified atom stereocenters. The van der Waals surface area contributed by atoms with Gasteiger partial charge in [0.25, 0.3) is 9.24 Å². The lowest BCUT2D eigenvalue weighted by molar-refractivity contribution is 0.487. The highest BCUT2D eigenvalue weighted by molar-refractivity contribution is 8.12. The van der Waals surface area contributed by atoms with Crippen molar-refractivity contribution < 1.29 is 8.42 Å². The van der Waals surface area contributed by atoms with E-state index in [2.05, 4.69) is 11.6 Å². The normalized spacial score (nSPS) is 31.2. The number of nitrogens with one attached hydrogen (secondary N) is 1. The third kappa shape index (κ3) is 4.84. The van der Waals surface area contributed by atoms with Crippen molar-refractivity contribution in [3.8, 4) is 0 Å². The van der Waals surface area contributed by atoms with Crippen LogP contribution in [0, 0.1) is 5.92 Å². The first-order valence-electron chi connectivity index (χ1n) is 4.69. The first-order chi connectivity index (χ1) is 5.97. The van der Waals surface area contributed by atoms with Gasteiger partial charge in [0.1, 0.15) is 0 Å². The van der Waals surface area contributed by atoms with E-state index in [4.69, 9.17) is 10.7 Å². The van der Waals surface area contributed by atoms with Crippen LogP contribution in [0.5, 0.6) is 0 Å². The maximum atomic E-state index is 10.7. The molecule has 1 aliphatic rings. The predicted octanol–water partition coefficient (Wildman–Crippen LogP) is 2.03. The summed E-state index contributed by atoms with van der Waals surface area (Å²) in [5, 5.41) is 0. The van der Waals surface area contributed by atoms with Crippen LogP contribution in [0.1, 0.15) is 39.0 Å². The van der Waals surface area contributed by atoms with Crippen LogP contribution in [0.4, 0.5) is 0 Å². The molecule has 1 saturated carbocycles. The van der Waals surface area contributed by atoms with Crippen LogP contribution >= 0.6 is 10.7 Å². The van der Waals surface area contributed by atoms with Gasteiger partial charge in [-0.25, -0.2) is 0 Å². The highest BCUT2D eigenvalue weighted by atomic mass is 35.7. The number of hydrogen-bond donors (Lipinski definition) is 1. The molecule has 13 heavy (non-hydrogen) atoms. The van der Waals surface area contributed by atoms with Gasteiger partial charge in [0, 0.05) is 16.7 Å². The van der Waals surface area contributed by atoms with Gasteiger partial charge in [0.05, 0.1) is 0 Å². The van der Waals surface area contributed by atoms with Gasteiger partial charge >= 0.3 is 0 Å². The zero-order chi connectivity index (χ0) is 9.90. The molecule has 3 nitrogen and oxygen atoms in total. The summed E-state index contributed by atoms with van der Waals surface area (Å²) in [5.74, 6) is 0.713. The Labute approximate surface area is 84.4 Å². The van der Waals surface area contributed by atoms with E-state index in [1.165, 1.54) is 6.42 Å². The first kappa shape index (κ1) is 11.3. The molecule has 0 aliphatic heterocycles. The molecule has 1 N–H and O–H groups in total. The van der Waals surface area contributed by atoms with Crippen LogP contribution in [-0.4, -0.2) is 14.5 Å². The Balaban J connectivity index is 2.43. The Bertz CT molecular complexity index is 253. The topological polar surface area (TPSA) is 46.2 Å². The molecule has 0 radical (unpaired) electrons. The summed E-state index contributed by atoms with van der Waals surface area (Å²) in [7, 11) is 1.58. The summed E-state index contributed by atoms with van der Waals surface area (Å²) in [6.45, 7) is 2.21. The Morgan fingerprint density at radius 2 is 1.92 bits per heavy atom. The molecule has 5 heteroatoms. The smallest absolute Gasteiger partial charge is 0.199 e. The SMILES string of the molecule is CC1CCCC(NS(=O)(=O)Cl)CC1. The highest BCUT2D eigenvalue weighted by Crippen LogP contribution is 2.23. The van der Waals surface area contributed by atoms with Crippen molar-refractivity contribution in [3.63, 3.8) is 0 Å². The van der Waals surface area contributed by atoms with Crippen LogP contribution < -0.4 is 4.72 Å². The lowest BCUT2D eigenvalue weighted by Crippen LogP contribution is -2.31. The van der Waals surface area contributed by atoms with Crippen LogP contribution in [0.15, 0.2) is 0 Å². The van der Waals surface area contributed by atoms with Gasteiger partial charge in [-0.2, -0.15) is 13.1 Å². The summed E-state index contributed by atoms with van der Waals surface area (Å²) < 4.78 is 24.0. The van der Waals surface area contributed by atoms with Crippen LogP contribution in [0.2, 0.25) is 0 Å². The quantitative estimate of drug-likeness (QED) is 0.578. The van der Waals surface area contributed by atoms with Crippen molar-refractivity contribution in [2.24, 2.45) is 5.92 Å². The Hall–Kier alpha value is 0.200. The molecular weight excluding hydrogens is 210 g/mol. The van der Waals surface area contributed by atoms with Gasteiger partial charge in [-0.15, -0.1) is 0 Å². The second-order valence-corrected chi connectivity index (χ2v) is 6.20. The third-order valence-electron chi connectivity index (χ3n) is 2.56. The van der Waals surface area contributed by atoms with Crippen molar-refractivity contribution in [2.45, 2.75) is 45.1 Å². The van der Waals surface area contributed by atoms with Crippen LogP contribution in [0.3, 0.4) is 0 Å². The molecular formula is C8H16ClNO2S. The summed E-state index contributed by atoms with van der Waals surface area (Å²) in [6, 6.07) is 0.0486. The van der Waals surface area contributed by atoms with Gasteiger partial charge in [0.2, 0.25) is 0 Å². The molecule has 0 aromatic rings. The van der Waals surface area contributed by atoms with Crippen molar-refractivity contribution in [2.75, 3.05) is 0 Å². The van der Waals surface area contributed by atoms with Crippen LogP contribution in [0.25, 0.3) is 0 Å². The van der Waals surface area contributed by atoms with E-state index in [0.29, 0.717) is 5.92 Å². The van der Waals surface area contributed by atoms with E-state index in [0.717, 1.165) is 25.7 Å². The maximum Gasteiger partial charge on any atom is 0.297 e. The molecule has 1 fully saturated rings. The van der Waals surface area contributed by atoms with E-state index in [-0.39, 0.29) is 6.04 Å². The molecule has 0 bridgehead atoms. The van der Waals surface area contributed by atoms with Crippen molar-refractivity contribution in [1.29, 1.82) is 0 Å². The number of halogens is 1. The minimum Gasteiger partial charge on any atom is -0.199 e. The molecule has 0 amide bonds.